The molecule has 1 aliphatic carbocycles. The fraction of sp³-hybridized carbons (Fsp3) is 0.467. The summed E-state index contributed by atoms with van der Waals surface area (Å²) in [5, 5.41) is 5.71. The van der Waals surface area contributed by atoms with Gasteiger partial charge in [-0.2, -0.15) is 0 Å². The van der Waals surface area contributed by atoms with Gasteiger partial charge in [0.1, 0.15) is 5.82 Å². The van der Waals surface area contributed by atoms with Crippen molar-refractivity contribution >= 4 is 17.6 Å². The Labute approximate surface area is 122 Å². The van der Waals surface area contributed by atoms with Crippen molar-refractivity contribution in [3.05, 3.63) is 29.6 Å². The summed E-state index contributed by atoms with van der Waals surface area (Å²) >= 11 is 0. The van der Waals surface area contributed by atoms with Crippen LogP contribution in [-0.4, -0.2) is 31.6 Å². The van der Waals surface area contributed by atoms with Crippen LogP contribution in [0.15, 0.2) is 18.2 Å². The fourth-order valence-corrected chi connectivity index (χ4v) is 2.47. The molecule has 0 spiro atoms. The Morgan fingerprint density at radius 3 is 2.71 bits per heavy atom. The van der Waals surface area contributed by atoms with Gasteiger partial charge in [0.15, 0.2) is 0 Å². The standard InChI is InChI=1S/C15H19FN2O3/c1-21-15(20)12-7-6-10(16)8-13(12)18-14(19)9-17-11-4-2-3-5-11/h6-8,11,17H,2-5,9H2,1H3,(H,18,19). The van der Waals surface area contributed by atoms with Crippen LogP contribution in [0.2, 0.25) is 0 Å². The molecule has 0 unspecified atom stereocenters. The number of anilines is 1. The molecule has 1 saturated carbocycles. The van der Waals surface area contributed by atoms with Crippen LogP contribution in [0.4, 0.5) is 10.1 Å². The van der Waals surface area contributed by atoms with Crippen LogP contribution in [0.3, 0.4) is 0 Å². The molecule has 0 atom stereocenters. The number of carbonyl (C=O) groups excluding carboxylic acids is 2. The van der Waals surface area contributed by atoms with Gasteiger partial charge in [-0.15, -0.1) is 0 Å². The molecule has 114 valence electrons. The van der Waals surface area contributed by atoms with Crippen LogP contribution in [0.5, 0.6) is 0 Å². The number of rotatable bonds is 5. The van der Waals surface area contributed by atoms with Crippen LogP contribution in [0, 0.1) is 5.82 Å². The van der Waals surface area contributed by atoms with Crippen molar-refractivity contribution in [1.82, 2.24) is 5.32 Å². The second-order valence-electron chi connectivity index (χ2n) is 5.09. The Morgan fingerprint density at radius 2 is 2.05 bits per heavy atom. The smallest absolute Gasteiger partial charge is 0.339 e. The van der Waals surface area contributed by atoms with E-state index in [2.05, 4.69) is 15.4 Å². The van der Waals surface area contributed by atoms with Crippen LogP contribution in [-0.2, 0) is 9.53 Å². The lowest BCUT2D eigenvalue weighted by atomic mass is 10.1. The monoisotopic (exact) mass is 294 g/mol. The van der Waals surface area contributed by atoms with E-state index in [1.807, 2.05) is 0 Å². The third-order valence-corrected chi connectivity index (χ3v) is 3.57. The average Bonchev–Trinajstić information content (AvgIpc) is 2.98. The number of hydrogen-bond acceptors (Lipinski definition) is 4. The van der Waals surface area contributed by atoms with Gasteiger partial charge in [-0.1, -0.05) is 12.8 Å². The predicted molar refractivity (Wildman–Crippen MR) is 76.6 cm³/mol. The first-order chi connectivity index (χ1) is 10.1. The number of amides is 1. The molecule has 0 saturated heterocycles. The van der Waals surface area contributed by atoms with Crippen molar-refractivity contribution in [2.24, 2.45) is 0 Å². The van der Waals surface area contributed by atoms with Gasteiger partial charge >= 0.3 is 5.97 Å². The molecule has 5 nitrogen and oxygen atoms in total. The summed E-state index contributed by atoms with van der Waals surface area (Å²) in [6.45, 7) is 0.141. The Morgan fingerprint density at radius 1 is 1.33 bits per heavy atom. The van der Waals surface area contributed by atoms with Crippen molar-refractivity contribution in [3.63, 3.8) is 0 Å². The molecule has 1 aromatic carbocycles. The fourth-order valence-electron chi connectivity index (χ4n) is 2.47. The summed E-state index contributed by atoms with van der Waals surface area (Å²) in [7, 11) is 1.24. The number of halogens is 1. The number of benzene rings is 1. The largest absolute Gasteiger partial charge is 0.465 e. The number of methoxy groups -OCH3 is 1. The number of carbonyl (C=O) groups is 2. The predicted octanol–water partition coefficient (Wildman–Crippen LogP) is 2.08. The molecule has 21 heavy (non-hydrogen) atoms. The molecule has 0 aromatic heterocycles. The lowest BCUT2D eigenvalue weighted by molar-refractivity contribution is -0.115. The zero-order chi connectivity index (χ0) is 15.2. The normalized spacial score (nSPS) is 15.0. The van der Waals surface area contributed by atoms with Crippen LogP contribution in [0.25, 0.3) is 0 Å². The first kappa shape index (κ1) is 15.4. The van der Waals surface area contributed by atoms with Gasteiger partial charge in [0.25, 0.3) is 0 Å². The lowest BCUT2D eigenvalue weighted by Gasteiger charge is -2.13. The highest BCUT2D eigenvalue weighted by Gasteiger charge is 2.17. The Bertz CT molecular complexity index is 528. The van der Waals surface area contributed by atoms with Crippen LogP contribution < -0.4 is 10.6 Å². The van der Waals surface area contributed by atoms with Gasteiger partial charge in [0.05, 0.1) is 24.9 Å². The number of hydrogen-bond donors (Lipinski definition) is 2. The van der Waals surface area contributed by atoms with Gasteiger partial charge in [0.2, 0.25) is 5.91 Å². The van der Waals surface area contributed by atoms with Crippen LogP contribution in [0.1, 0.15) is 36.0 Å². The molecule has 1 aromatic rings. The van der Waals surface area contributed by atoms with E-state index in [4.69, 9.17) is 0 Å². The first-order valence-electron chi connectivity index (χ1n) is 7.01. The number of esters is 1. The van der Waals surface area contributed by atoms with Gasteiger partial charge in [0, 0.05) is 6.04 Å². The van der Waals surface area contributed by atoms with Crippen molar-refractivity contribution in [1.29, 1.82) is 0 Å². The maximum atomic E-state index is 13.3. The van der Waals surface area contributed by atoms with E-state index < -0.39 is 11.8 Å². The second kappa shape index (κ2) is 7.17. The summed E-state index contributed by atoms with van der Waals surface area (Å²) < 4.78 is 17.9. The number of ether oxygens (including phenoxy) is 1. The van der Waals surface area contributed by atoms with Gasteiger partial charge in [-0.3, -0.25) is 4.79 Å². The summed E-state index contributed by atoms with van der Waals surface area (Å²) in [6.07, 6.45) is 4.49. The molecule has 0 bridgehead atoms. The van der Waals surface area contributed by atoms with Crippen molar-refractivity contribution in [2.45, 2.75) is 31.7 Å². The quantitative estimate of drug-likeness (QED) is 0.816. The van der Waals surface area contributed by atoms with Crippen molar-refractivity contribution in [3.8, 4) is 0 Å². The third kappa shape index (κ3) is 4.26. The van der Waals surface area contributed by atoms with E-state index in [1.54, 1.807) is 0 Å². The molecule has 2 N–H and O–H groups in total. The minimum Gasteiger partial charge on any atom is -0.465 e. The average molecular weight is 294 g/mol. The maximum absolute atomic E-state index is 13.3. The van der Waals surface area contributed by atoms with E-state index >= 15 is 0 Å². The van der Waals surface area contributed by atoms with Gasteiger partial charge < -0.3 is 15.4 Å². The Hall–Kier alpha value is -1.95. The zero-order valence-corrected chi connectivity index (χ0v) is 11.9. The third-order valence-electron chi connectivity index (χ3n) is 3.57. The minimum absolute atomic E-state index is 0.125. The topological polar surface area (TPSA) is 67.4 Å². The van der Waals surface area contributed by atoms with E-state index in [0.29, 0.717) is 6.04 Å². The minimum atomic E-state index is -0.617. The van der Waals surface area contributed by atoms with Gasteiger partial charge in [-0.25, -0.2) is 9.18 Å². The molecule has 6 heteroatoms. The molecule has 0 radical (unpaired) electrons. The lowest BCUT2D eigenvalue weighted by Crippen LogP contribution is -2.34. The van der Waals surface area contributed by atoms with E-state index in [0.717, 1.165) is 25.0 Å². The maximum Gasteiger partial charge on any atom is 0.339 e. The summed E-state index contributed by atoms with van der Waals surface area (Å²) in [5.74, 6) is -1.45. The Balaban J connectivity index is 1.98. The van der Waals surface area contributed by atoms with Crippen molar-refractivity contribution in [2.75, 3.05) is 19.0 Å². The first-order valence-corrected chi connectivity index (χ1v) is 7.01. The highest BCUT2D eigenvalue weighted by Crippen LogP contribution is 2.19. The molecule has 2 rings (SSSR count). The SMILES string of the molecule is COC(=O)c1ccc(F)cc1NC(=O)CNC1CCCC1. The summed E-state index contributed by atoms with van der Waals surface area (Å²) in [6, 6.07) is 3.92. The highest BCUT2D eigenvalue weighted by molar-refractivity contribution is 6.01. The van der Waals surface area contributed by atoms with Crippen molar-refractivity contribution < 1.29 is 18.7 Å². The molecule has 1 fully saturated rings. The molecule has 0 heterocycles. The molecule has 0 aliphatic heterocycles. The van der Waals surface area contributed by atoms with E-state index in [9.17, 15) is 14.0 Å². The Kier molecular flexibility index (Phi) is 5.27. The van der Waals surface area contributed by atoms with E-state index in [1.165, 1.54) is 26.0 Å². The van der Waals surface area contributed by atoms with E-state index in [-0.39, 0.29) is 23.7 Å². The molecular formula is C15H19FN2O3. The second-order valence-corrected chi connectivity index (χ2v) is 5.09. The molecule has 1 amide bonds. The molecular weight excluding hydrogens is 275 g/mol. The molecule has 1 aliphatic rings. The summed E-state index contributed by atoms with van der Waals surface area (Å²) in [5.41, 5.74) is 0.258. The summed E-state index contributed by atoms with van der Waals surface area (Å²) in [4.78, 5) is 23.5. The highest BCUT2D eigenvalue weighted by atomic mass is 19.1. The van der Waals surface area contributed by atoms with Crippen LogP contribution >= 0.6 is 0 Å². The number of nitrogens with one attached hydrogen (secondary N) is 2. The van der Waals surface area contributed by atoms with Gasteiger partial charge in [-0.05, 0) is 31.0 Å². The zero-order valence-electron chi connectivity index (χ0n) is 11.9.